The summed E-state index contributed by atoms with van der Waals surface area (Å²) in [7, 11) is 0. The maximum Gasteiger partial charge on any atom is 0.306 e. The van der Waals surface area contributed by atoms with E-state index in [0.717, 1.165) is 24.1 Å². The zero-order chi connectivity index (χ0) is 15.4. The molecular weight excluding hydrogens is 272 g/mol. The molecule has 1 heterocycles. The highest BCUT2D eigenvalue weighted by molar-refractivity contribution is 5.69. The van der Waals surface area contributed by atoms with Crippen molar-refractivity contribution >= 4 is 11.7 Å². The van der Waals surface area contributed by atoms with Crippen LogP contribution in [-0.4, -0.2) is 24.0 Å². The summed E-state index contributed by atoms with van der Waals surface area (Å²) in [5, 5.41) is 14.3. The zero-order valence-electron chi connectivity index (χ0n) is 12.3. The zero-order valence-corrected chi connectivity index (χ0v) is 12.3. The molecular formula is C15H20N2O4. The van der Waals surface area contributed by atoms with Crippen LogP contribution in [0.25, 0.3) is 0 Å². The molecule has 0 radical (unpaired) electrons. The van der Waals surface area contributed by atoms with E-state index in [1.165, 1.54) is 6.07 Å². The van der Waals surface area contributed by atoms with E-state index in [1.54, 1.807) is 13.0 Å². The third kappa shape index (κ3) is 3.58. The van der Waals surface area contributed by atoms with Crippen molar-refractivity contribution in [3.05, 3.63) is 39.4 Å². The molecule has 0 amide bonds. The van der Waals surface area contributed by atoms with Crippen LogP contribution in [0.5, 0.6) is 0 Å². The molecule has 0 saturated heterocycles. The van der Waals surface area contributed by atoms with E-state index < -0.39 is 0 Å². The van der Waals surface area contributed by atoms with Crippen molar-refractivity contribution in [3.8, 4) is 0 Å². The lowest BCUT2D eigenvalue weighted by molar-refractivity contribution is -0.385. The third-order valence-electron chi connectivity index (χ3n) is 3.80. The Morgan fingerprint density at radius 1 is 1.57 bits per heavy atom. The van der Waals surface area contributed by atoms with Crippen LogP contribution in [0.4, 0.5) is 5.69 Å². The Morgan fingerprint density at radius 3 is 3.00 bits per heavy atom. The van der Waals surface area contributed by atoms with Gasteiger partial charge in [0.25, 0.3) is 5.69 Å². The van der Waals surface area contributed by atoms with E-state index in [-0.39, 0.29) is 28.5 Å². The highest BCUT2D eigenvalue weighted by Gasteiger charge is 2.28. The van der Waals surface area contributed by atoms with Gasteiger partial charge in [0.2, 0.25) is 0 Å². The Kier molecular flexibility index (Phi) is 4.90. The molecule has 0 aromatic heterocycles. The summed E-state index contributed by atoms with van der Waals surface area (Å²) in [6.45, 7) is 4.91. The van der Waals surface area contributed by atoms with Gasteiger partial charge in [0.15, 0.2) is 0 Å². The molecule has 6 nitrogen and oxygen atoms in total. The first-order valence-corrected chi connectivity index (χ1v) is 7.19. The number of nitrogens with zero attached hydrogens (tertiary/aromatic N) is 1. The predicted molar refractivity (Wildman–Crippen MR) is 78.0 cm³/mol. The molecule has 6 heteroatoms. The molecule has 2 atom stereocenters. The normalized spacial score (nSPS) is 18.7. The fourth-order valence-corrected chi connectivity index (χ4v) is 2.79. The molecule has 1 aromatic rings. The average Bonchev–Trinajstić information content (AvgIpc) is 2.46. The second-order valence-electron chi connectivity index (χ2n) is 5.31. The van der Waals surface area contributed by atoms with Crippen molar-refractivity contribution in [1.29, 1.82) is 0 Å². The summed E-state index contributed by atoms with van der Waals surface area (Å²) in [5.41, 5.74) is 2.12. The van der Waals surface area contributed by atoms with Crippen LogP contribution >= 0.6 is 0 Å². The molecule has 114 valence electrons. The molecule has 0 spiro atoms. The molecule has 21 heavy (non-hydrogen) atoms. The minimum Gasteiger partial charge on any atom is -0.466 e. The number of ether oxygens (including phenoxy) is 1. The highest BCUT2D eigenvalue weighted by atomic mass is 16.6. The van der Waals surface area contributed by atoms with E-state index in [9.17, 15) is 14.9 Å². The number of carbonyl (C=O) groups excluding carboxylic acids is 1. The fourth-order valence-electron chi connectivity index (χ4n) is 2.79. The molecule has 1 N–H and O–H groups in total. The number of nitro groups is 1. The lowest BCUT2D eigenvalue weighted by atomic mass is 9.85. The van der Waals surface area contributed by atoms with Crippen LogP contribution in [0.3, 0.4) is 0 Å². The largest absolute Gasteiger partial charge is 0.466 e. The van der Waals surface area contributed by atoms with Crippen LogP contribution < -0.4 is 5.32 Å². The molecule has 0 bridgehead atoms. The first-order chi connectivity index (χ1) is 10.0. The van der Waals surface area contributed by atoms with Gasteiger partial charge in [0.05, 0.1) is 11.5 Å². The maximum absolute atomic E-state index is 11.6. The van der Waals surface area contributed by atoms with E-state index in [1.807, 2.05) is 13.0 Å². The average molecular weight is 292 g/mol. The third-order valence-corrected chi connectivity index (χ3v) is 3.80. The lowest BCUT2D eigenvalue weighted by Crippen LogP contribution is -2.35. The van der Waals surface area contributed by atoms with Crippen LogP contribution in [-0.2, 0) is 16.0 Å². The second-order valence-corrected chi connectivity index (χ2v) is 5.31. The first kappa shape index (κ1) is 15.4. The van der Waals surface area contributed by atoms with Gasteiger partial charge in [-0.15, -0.1) is 0 Å². The van der Waals surface area contributed by atoms with Crippen molar-refractivity contribution in [2.45, 2.75) is 32.7 Å². The number of rotatable bonds is 5. The smallest absolute Gasteiger partial charge is 0.306 e. The number of benzene rings is 1. The SMILES string of the molecule is CCOC(=O)CC(C)C1NCCc2ccc([N+](=O)[O-])cc21. The van der Waals surface area contributed by atoms with Crippen molar-refractivity contribution in [2.75, 3.05) is 13.2 Å². The van der Waals surface area contributed by atoms with Gasteiger partial charge >= 0.3 is 5.97 Å². The molecule has 0 fully saturated rings. The topological polar surface area (TPSA) is 81.5 Å². The predicted octanol–water partition coefficient (Wildman–Crippen LogP) is 2.37. The lowest BCUT2D eigenvalue weighted by Gasteiger charge is -2.31. The Labute approximate surface area is 123 Å². The number of nitro benzene ring substituents is 1. The van der Waals surface area contributed by atoms with E-state index in [2.05, 4.69) is 5.32 Å². The minimum atomic E-state index is -0.387. The number of fused-ring (bicyclic) bond motifs is 1. The molecule has 1 aliphatic rings. The summed E-state index contributed by atoms with van der Waals surface area (Å²) in [5.74, 6) is -0.213. The molecule has 1 aliphatic heterocycles. The van der Waals surface area contributed by atoms with E-state index >= 15 is 0 Å². The number of hydrogen-bond acceptors (Lipinski definition) is 5. The highest BCUT2D eigenvalue weighted by Crippen LogP contribution is 2.33. The fraction of sp³-hybridized carbons (Fsp3) is 0.533. The molecule has 2 unspecified atom stereocenters. The number of esters is 1. The van der Waals surface area contributed by atoms with Gasteiger partial charge < -0.3 is 10.1 Å². The monoisotopic (exact) mass is 292 g/mol. The Bertz CT molecular complexity index is 544. The number of nitrogens with one attached hydrogen (secondary N) is 1. The van der Waals surface area contributed by atoms with Crippen molar-refractivity contribution in [3.63, 3.8) is 0 Å². The van der Waals surface area contributed by atoms with Crippen LogP contribution in [0.1, 0.15) is 37.4 Å². The Morgan fingerprint density at radius 2 is 2.33 bits per heavy atom. The van der Waals surface area contributed by atoms with Crippen LogP contribution in [0.2, 0.25) is 0 Å². The molecule has 2 rings (SSSR count). The second kappa shape index (κ2) is 6.67. The first-order valence-electron chi connectivity index (χ1n) is 7.19. The summed E-state index contributed by atoms with van der Waals surface area (Å²) in [4.78, 5) is 22.2. The van der Waals surface area contributed by atoms with Crippen molar-refractivity contribution in [2.24, 2.45) is 5.92 Å². The standard InChI is InChI=1S/C15H20N2O4/c1-3-21-14(18)8-10(2)15-13-9-12(17(19)20)5-4-11(13)6-7-16-15/h4-5,9-10,15-16H,3,6-8H2,1-2H3. The van der Waals surface area contributed by atoms with Crippen LogP contribution in [0, 0.1) is 16.0 Å². The van der Waals surface area contributed by atoms with Gasteiger partial charge in [0, 0.05) is 24.6 Å². The number of non-ortho nitro benzene ring substituents is 1. The Hall–Kier alpha value is -1.95. The number of hydrogen-bond donors (Lipinski definition) is 1. The van der Waals surface area contributed by atoms with Gasteiger partial charge in [-0.3, -0.25) is 14.9 Å². The summed E-state index contributed by atoms with van der Waals surface area (Å²) < 4.78 is 4.98. The molecule has 1 aromatic carbocycles. The molecule has 0 saturated carbocycles. The summed E-state index contributed by atoms with van der Waals surface area (Å²) in [6, 6.07) is 4.92. The Balaban J connectivity index is 2.21. The van der Waals surface area contributed by atoms with Crippen LogP contribution in [0.15, 0.2) is 18.2 Å². The maximum atomic E-state index is 11.6. The summed E-state index contributed by atoms with van der Waals surface area (Å²) in [6.07, 6.45) is 1.14. The van der Waals surface area contributed by atoms with Gasteiger partial charge in [-0.2, -0.15) is 0 Å². The van der Waals surface area contributed by atoms with Gasteiger partial charge in [-0.05, 0) is 36.9 Å². The van der Waals surface area contributed by atoms with Gasteiger partial charge in [-0.1, -0.05) is 13.0 Å². The minimum absolute atomic E-state index is 0.0186. The summed E-state index contributed by atoms with van der Waals surface area (Å²) >= 11 is 0. The van der Waals surface area contributed by atoms with Gasteiger partial charge in [0.1, 0.15) is 0 Å². The van der Waals surface area contributed by atoms with Gasteiger partial charge in [-0.25, -0.2) is 0 Å². The number of carbonyl (C=O) groups is 1. The quantitative estimate of drug-likeness (QED) is 0.512. The van der Waals surface area contributed by atoms with E-state index in [4.69, 9.17) is 4.74 Å². The van der Waals surface area contributed by atoms with Crippen molar-refractivity contribution < 1.29 is 14.5 Å². The molecule has 0 aliphatic carbocycles. The van der Waals surface area contributed by atoms with E-state index in [0.29, 0.717) is 13.0 Å². The van der Waals surface area contributed by atoms with Crippen molar-refractivity contribution in [1.82, 2.24) is 5.32 Å².